The van der Waals surface area contributed by atoms with Gasteiger partial charge < -0.3 is 9.84 Å². The van der Waals surface area contributed by atoms with Crippen LogP contribution in [0.5, 0.6) is 11.5 Å². The summed E-state index contributed by atoms with van der Waals surface area (Å²) in [4.78, 5) is 15.2. The van der Waals surface area contributed by atoms with Crippen LogP contribution in [0.3, 0.4) is 0 Å². The zero-order valence-corrected chi connectivity index (χ0v) is 20.4. The summed E-state index contributed by atoms with van der Waals surface area (Å²) in [6.45, 7) is 9.36. The van der Waals surface area contributed by atoms with E-state index in [-0.39, 0.29) is 5.75 Å². The second-order valence-corrected chi connectivity index (χ2v) is 9.43. The van der Waals surface area contributed by atoms with Crippen molar-refractivity contribution in [3.05, 3.63) is 77.9 Å². The largest absolute Gasteiger partial charge is 0.505 e. The lowest BCUT2D eigenvalue weighted by molar-refractivity contribution is -0.130. The molecule has 0 spiro atoms. The minimum atomic E-state index is -0.439. The summed E-state index contributed by atoms with van der Waals surface area (Å²) >= 11 is 1.57. The lowest BCUT2D eigenvalue weighted by Gasteiger charge is -2.10. The van der Waals surface area contributed by atoms with E-state index >= 15 is 0 Å². The fourth-order valence-corrected chi connectivity index (χ4v) is 4.37. The number of phenolic OH excluding ortho intramolecular Hbond substituents is 1. The van der Waals surface area contributed by atoms with Crippen molar-refractivity contribution in [2.75, 3.05) is 0 Å². The number of aromatic nitrogens is 3. The van der Waals surface area contributed by atoms with Crippen molar-refractivity contribution < 1.29 is 14.6 Å². The number of ether oxygens (including phenoxy) is 1. The first-order valence-corrected chi connectivity index (χ1v) is 12.0. The number of carbonyl (C=O) groups excluding carboxylic acids is 1. The van der Waals surface area contributed by atoms with Gasteiger partial charge in [-0.05, 0) is 86.3 Å². The molecule has 0 bridgehead atoms. The molecule has 0 aliphatic heterocycles. The Morgan fingerprint density at radius 2 is 1.76 bits per heavy atom. The Hall–Kier alpha value is -3.58. The standard InChI is InChI=1S/C27H27N3O3S/c1-5-6-7-19-14-18(4)15-25(26(19)31)30-28-23-13-12-22(16-24(23)29-30)34-21-10-8-20(9-11-21)33-27(32)17(2)3/h8-16,31H,2,5-7H2,1,3-4H3. The maximum absolute atomic E-state index is 11.7. The molecular weight excluding hydrogens is 446 g/mol. The molecule has 1 heterocycles. The molecule has 0 radical (unpaired) electrons. The number of nitrogens with zero attached hydrogens (tertiary/aromatic N) is 3. The van der Waals surface area contributed by atoms with Crippen molar-refractivity contribution >= 4 is 28.8 Å². The summed E-state index contributed by atoms with van der Waals surface area (Å²) in [5.74, 6) is 0.277. The molecule has 4 aromatic rings. The van der Waals surface area contributed by atoms with Gasteiger partial charge in [0.15, 0.2) is 0 Å². The summed E-state index contributed by atoms with van der Waals surface area (Å²) in [6, 6.07) is 17.1. The molecule has 0 saturated heterocycles. The van der Waals surface area contributed by atoms with E-state index in [0.29, 0.717) is 17.0 Å². The second kappa shape index (κ2) is 10.1. The first-order chi connectivity index (χ1) is 16.3. The molecule has 0 fully saturated rings. The molecule has 174 valence electrons. The molecule has 4 rings (SSSR count). The van der Waals surface area contributed by atoms with Gasteiger partial charge in [-0.15, -0.1) is 15.0 Å². The number of hydrogen-bond donors (Lipinski definition) is 1. The molecule has 0 saturated carbocycles. The topological polar surface area (TPSA) is 77.2 Å². The van der Waals surface area contributed by atoms with Gasteiger partial charge in [0.05, 0.1) is 0 Å². The number of hydrogen-bond acceptors (Lipinski definition) is 6. The average molecular weight is 474 g/mol. The first kappa shape index (κ1) is 23.6. The number of aryl methyl sites for hydroxylation is 2. The molecule has 0 amide bonds. The molecule has 0 aliphatic rings. The van der Waals surface area contributed by atoms with Crippen molar-refractivity contribution in [2.24, 2.45) is 0 Å². The maximum Gasteiger partial charge on any atom is 0.338 e. The Morgan fingerprint density at radius 1 is 1.06 bits per heavy atom. The van der Waals surface area contributed by atoms with Crippen LogP contribution < -0.4 is 4.74 Å². The van der Waals surface area contributed by atoms with Gasteiger partial charge in [-0.3, -0.25) is 0 Å². The number of benzene rings is 3. The van der Waals surface area contributed by atoms with Gasteiger partial charge in [0.25, 0.3) is 0 Å². The van der Waals surface area contributed by atoms with E-state index < -0.39 is 5.97 Å². The minimum absolute atomic E-state index is 0.237. The first-order valence-electron chi connectivity index (χ1n) is 11.2. The highest BCUT2D eigenvalue weighted by molar-refractivity contribution is 7.99. The Balaban J connectivity index is 1.56. The third-order valence-electron chi connectivity index (χ3n) is 5.30. The number of esters is 1. The summed E-state index contributed by atoms with van der Waals surface area (Å²) < 4.78 is 5.24. The predicted molar refractivity (Wildman–Crippen MR) is 135 cm³/mol. The molecule has 34 heavy (non-hydrogen) atoms. The van der Waals surface area contributed by atoms with Gasteiger partial charge in [0.1, 0.15) is 28.2 Å². The van der Waals surface area contributed by atoms with Gasteiger partial charge in [0, 0.05) is 15.4 Å². The number of unbranched alkanes of at least 4 members (excludes halogenated alkanes) is 1. The molecule has 7 heteroatoms. The van der Waals surface area contributed by atoms with Crippen LogP contribution in [0, 0.1) is 6.92 Å². The number of carbonyl (C=O) groups is 1. The zero-order chi connectivity index (χ0) is 24.2. The van der Waals surface area contributed by atoms with E-state index in [4.69, 9.17) is 4.74 Å². The van der Waals surface area contributed by atoms with Gasteiger partial charge in [-0.25, -0.2) is 4.79 Å². The van der Waals surface area contributed by atoms with E-state index in [0.717, 1.165) is 51.2 Å². The number of rotatable bonds is 8. The molecule has 0 aliphatic carbocycles. The fraction of sp³-hybridized carbons (Fsp3) is 0.222. The predicted octanol–water partition coefficient (Wildman–Crippen LogP) is 6.41. The quantitative estimate of drug-likeness (QED) is 0.181. The highest BCUT2D eigenvalue weighted by atomic mass is 32.2. The van der Waals surface area contributed by atoms with Crippen molar-refractivity contribution in [1.82, 2.24) is 15.0 Å². The van der Waals surface area contributed by atoms with E-state index in [9.17, 15) is 9.90 Å². The number of phenols is 1. The van der Waals surface area contributed by atoms with Crippen LogP contribution in [0.1, 0.15) is 37.8 Å². The zero-order valence-electron chi connectivity index (χ0n) is 19.5. The van der Waals surface area contributed by atoms with E-state index in [1.165, 1.54) is 4.80 Å². The summed E-state index contributed by atoms with van der Waals surface area (Å²) in [5.41, 5.74) is 4.43. The van der Waals surface area contributed by atoms with Gasteiger partial charge >= 0.3 is 5.97 Å². The molecule has 1 N–H and O–H groups in total. The highest BCUT2D eigenvalue weighted by Crippen LogP contribution is 2.32. The van der Waals surface area contributed by atoms with Crippen molar-refractivity contribution in [2.45, 2.75) is 49.8 Å². The van der Waals surface area contributed by atoms with E-state index in [1.807, 2.05) is 49.4 Å². The SMILES string of the molecule is C=C(C)C(=O)Oc1ccc(Sc2ccc3nn(-c4cc(C)cc(CCCC)c4O)nc3c2)cc1. The monoisotopic (exact) mass is 473 g/mol. The Labute approximate surface area is 203 Å². The summed E-state index contributed by atoms with van der Waals surface area (Å²) in [7, 11) is 0. The highest BCUT2D eigenvalue weighted by Gasteiger charge is 2.14. The van der Waals surface area contributed by atoms with E-state index in [1.54, 1.807) is 30.8 Å². The minimum Gasteiger partial charge on any atom is -0.505 e. The van der Waals surface area contributed by atoms with Gasteiger partial charge in [-0.1, -0.05) is 37.8 Å². The van der Waals surface area contributed by atoms with Crippen LogP contribution in [-0.2, 0) is 11.2 Å². The fourth-order valence-electron chi connectivity index (χ4n) is 3.52. The second-order valence-electron chi connectivity index (χ2n) is 8.28. The Kier molecular flexibility index (Phi) is 7.03. The molecular formula is C27H27N3O3S. The summed E-state index contributed by atoms with van der Waals surface area (Å²) in [5, 5.41) is 20.1. The smallest absolute Gasteiger partial charge is 0.338 e. The molecule has 0 atom stereocenters. The van der Waals surface area contributed by atoms with E-state index in [2.05, 4.69) is 23.7 Å². The number of aromatic hydroxyl groups is 1. The third-order valence-corrected chi connectivity index (χ3v) is 6.30. The van der Waals surface area contributed by atoms with Crippen LogP contribution in [0.15, 0.2) is 76.5 Å². The lowest BCUT2D eigenvalue weighted by atomic mass is 10.0. The average Bonchev–Trinajstić information content (AvgIpc) is 3.23. The molecule has 1 aromatic heterocycles. The molecule has 3 aromatic carbocycles. The van der Waals surface area contributed by atoms with Crippen LogP contribution >= 0.6 is 11.8 Å². The van der Waals surface area contributed by atoms with Crippen LogP contribution in [-0.4, -0.2) is 26.1 Å². The Bertz CT molecular complexity index is 1360. The van der Waals surface area contributed by atoms with Gasteiger partial charge in [0.2, 0.25) is 0 Å². The summed E-state index contributed by atoms with van der Waals surface area (Å²) in [6.07, 6.45) is 2.90. The normalized spacial score (nSPS) is 11.0. The maximum atomic E-state index is 11.7. The molecule has 6 nitrogen and oxygen atoms in total. The van der Waals surface area contributed by atoms with Crippen molar-refractivity contribution in [3.63, 3.8) is 0 Å². The molecule has 0 unspecified atom stereocenters. The van der Waals surface area contributed by atoms with Crippen LogP contribution in [0.4, 0.5) is 0 Å². The van der Waals surface area contributed by atoms with Crippen LogP contribution in [0.25, 0.3) is 16.7 Å². The number of fused-ring (bicyclic) bond motifs is 1. The Morgan fingerprint density at radius 3 is 2.47 bits per heavy atom. The lowest BCUT2D eigenvalue weighted by Crippen LogP contribution is -2.07. The van der Waals surface area contributed by atoms with Crippen molar-refractivity contribution in [1.29, 1.82) is 0 Å². The van der Waals surface area contributed by atoms with Crippen LogP contribution in [0.2, 0.25) is 0 Å². The van der Waals surface area contributed by atoms with Crippen molar-refractivity contribution in [3.8, 4) is 17.2 Å². The third kappa shape index (κ3) is 5.31. The van der Waals surface area contributed by atoms with Gasteiger partial charge in [-0.2, -0.15) is 0 Å².